The summed E-state index contributed by atoms with van der Waals surface area (Å²) in [4.78, 5) is 17.5. The Morgan fingerprint density at radius 2 is 1.56 bits per heavy atom. The molecule has 0 saturated carbocycles. The SMILES string of the molecule is O.O.O=[N+]([O-])c1cccc(S(=O)(=O)O)c1[N+](=O)[O-]. The molecule has 0 unspecified atom stereocenters. The van der Waals surface area contributed by atoms with Crippen LogP contribution in [0.1, 0.15) is 0 Å². The maximum Gasteiger partial charge on any atom is 0.366 e. The van der Waals surface area contributed by atoms with Crippen molar-refractivity contribution in [1.82, 2.24) is 0 Å². The monoisotopic (exact) mass is 284 g/mol. The number of rotatable bonds is 3. The number of nitro benzene ring substituents is 2. The van der Waals surface area contributed by atoms with Gasteiger partial charge in [-0.05, 0) is 6.07 Å². The Bertz CT molecular complexity index is 566. The smallest absolute Gasteiger partial charge is 0.366 e. The molecule has 0 saturated heterocycles. The van der Waals surface area contributed by atoms with Crippen molar-refractivity contribution in [1.29, 1.82) is 0 Å². The van der Waals surface area contributed by atoms with Crippen LogP contribution in [0.25, 0.3) is 0 Å². The summed E-state index contributed by atoms with van der Waals surface area (Å²) in [6.45, 7) is 0. The molecule has 0 bridgehead atoms. The highest BCUT2D eigenvalue weighted by Gasteiger charge is 2.33. The van der Waals surface area contributed by atoms with Gasteiger partial charge in [0.15, 0.2) is 4.90 Å². The Morgan fingerprint density at radius 1 is 1.06 bits per heavy atom. The predicted octanol–water partition coefficient (Wildman–Crippen LogP) is -0.900. The van der Waals surface area contributed by atoms with E-state index in [0.29, 0.717) is 6.07 Å². The summed E-state index contributed by atoms with van der Waals surface area (Å²) in [5, 5.41) is 20.9. The summed E-state index contributed by atoms with van der Waals surface area (Å²) in [5.41, 5.74) is -2.25. The lowest BCUT2D eigenvalue weighted by molar-refractivity contribution is -0.424. The highest BCUT2D eigenvalue weighted by atomic mass is 32.2. The van der Waals surface area contributed by atoms with E-state index in [2.05, 4.69) is 0 Å². The zero-order valence-electron chi connectivity index (χ0n) is 8.43. The normalized spacial score (nSPS) is 9.83. The Kier molecular flexibility index (Phi) is 6.04. The summed E-state index contributed by atoms with van der Waals surface area (Å²) in [6.07, 6.45) is 0. The molecule has 0 aliphatic rings. The van der Waals surface area contributed by atoms with E-state index in [9.17, 15) is 28.6 Å². The van der Waals surface area contributed by atoms with Crippen LogP contribution >= 0.6 is 0 Å². The molecule has 0 atom stereocenters. The molecule has 18 heavy (non-hydrogen) atoms. The first kappa shape index (κ1) is 18.2. The molecule has 5 N–H and O–H groups in total. The number of benzene rings is 1. The van der Waals surface area contributed by atoms with Gasteiger partial charge in [0, 0.05) is 6.07 Å². The second-order valence-corrected chi connectivity index (χ2v) is 4.00. The lowest BCUT2D eigenvalue weighted by Crippen LogP contribution is -2.05. The summed E-state index contributed by atoms with van der Waals surface area (Å²) in [7, 11) is -4.88. The first-order chi connectivity index (χ1) is 7.25. The molecule has 1 aromatic rings. The lowest BCUT2D eigenvalue weighted by Gasteiger charge is -1.99. The van der Waals surface area contributed by atoms with Crippen molar-refractivity contribution in [2.45, 2.75) is 4.90 Å². The van der Waals surface area contributed by atoms with Gasteiger partial charge in [-0.2, -0.15) is 8.42 Å². The topological polar surface area (TPSA) is 204 Å². The van der Waals surface area contributed by atoms with Crippen LogP contribution < -0.4 is 0 Å². The van der Waals surface area contributed by atoms with Crippen molar-refractivity contribution >= 4 is 21.5 Å². The van der Waals surface area contributed by atoms with Gasteiger partial charge in [0.25, 0.3) is 0 Å². The minimum atomic E-state index is -4.88. The van der Waals surface area contributed by atoms with Crippen molar-refractivity contribution in [3.8, 4) is 0 Å². The van der Waals surface area contributed by atoms with Gasteiger partial charge in [-0.15, -0.1) is 0 Å². The van der Waals surface area contributed by atoms with Crippen molar-refractivity contribution in [3.63, 3.8) is 0 Å². The van der Waals surface area contributed by atoms with E-state index in [0.717, 1.165) is 12.1 Å². The van der Waals surface area contributed by atoms with Crippen LogP contribution in [-0.2, 0) is 10.1 Å². The zero-order valence-corrected chi connectivity index (χ0v) is 9.25. The van der Waals surface area contributed by atoms with E-state index < -0.39 is 36.2 Å². The van der Waals surface area contributed by atoms with Gasteiger partial charge in [0.05, 0.1) is 9.85 Å². The molecule has 102 valence electrons. The average molecular weight is 284 g/mol. The fourth-order valence-electron chi connectivity index (χ4n) is 1.05. The Morgan fingerprint density at radius 3 is 1.89 bits per heavy atom. The number of para-hydroxylation sites is 1. The molecule has 0 radical (unpaired) electrons. The van der Waals surface area contributed by atoms with Crippen molar-refractivity contribution in [3.05, 3.63) is 38.4 Å². The van der Waals surface area contributed by atoms with Crippen LogP contribution in [0.5, 0.6) is 0 Å². The number of hydrogen-bond donors (Lipinski definition) is 1. The van der Waals surface area contributed by atoms with Gasteiger partial charge in [0.1, 0.15) is 0 Å². The molecule has 0 fully saturated rings. The van der Waals surface area contributed by atoms with E-state index in [1.54, 1.807) is 0 Å². The highest BCUT2D eigenvalue weighted by molar-refractivity contribution is 7.86. The summed E-state index contributed by atoms with van der Waals surface area (Å²) in [6, 6.07) is 2.40. The second kappa shape index (κ2) is 5.97. The Balaban J connectivity index is 0. The molecule has 0 amide bonds. The van der Waals surface area contributed by atoms with Gasteiger partial charge in [0.2, 0.25) is 0 Å². The zero-order chi connectivity index (χ0) is 12.5. The molecular weight excluding hydrogens is 276 g/mol. The third-order valence-electron chi connectivity index (χ3n) is 1.63. The molecule has 0 aliphatic carbocycles. The summed E-state index contributed by atoms with van der Waals surface area (Å²) >= 11 is 0. The molecule has 0 spiro atoms. The van der Waals surface area contributed by atoms with Crippen molar-refractivity contribution < 1.29 is 33.8 Å². The first-order valence-electron chi connectivity index (χ1n) is 3.64. The number of nitrogens with zero attached hydrogens (tertiary/aromatic N) is 2. The molecular formula is C6H8N2O9S. The van der Waals surface area contributed by atoms with Crippen LogP contribution in [0.15, 0.2) is 23.1 Å². The van der Waals surface area contributed by atoms with Crippen LogP contribution in [0.4, 0.5) is 11.4 Å². The van der Waals surface area contributed by atoms with Crippen LogP contribution in [-0.4, -0.2) is 33.8 Å². The summed E-state index contributed by atoms with van der Waals surface area (Å²) < 4.78 is 30.2. The maximum absolute atomic E-state index is 10.8. The van der Waals surface area contributed by atoms with Crippen LogP contribution in [0, 0.1) is 20.2 Å². The molecule has 0 heterocycles. The molecule has 11 nitrogen and oxygen atoms in total. The number of nitro groups is 2. The van der Waals surface area contributed by atoms with Gasteiger partial charge in [-0.1, -0.05) is 6.07 Å². The second-order valence-electron chi connectivity index (χ2n) is 2.61. The third kappa shape index (κ3) is 3.42. The minimum Gasteiger partial charge on any atom is -0.412 e. The molecule has 1 aromatic carbocycles. The van der Waals surface area contributed by atoms with Gasteiger partial charge >= 0.3 is 21.5 Å². The van der Waals surface area contributed by atoms with Crippen LogP contribution in [0.2, 0.25) is 0 Å². The first-order valence-corrected chi connectivity index (χ1v) is 5.08. The van der Waals surface area contributed by atoms with Crippen molar-refractivity contribution in [2.75, 3.05) is 0 Å². The van der Waals surface area contributed by atoms with Gasteiger partial charge < -0.3 is 11.0 Å². The van der Waals surface area contributed by atoms with Crippen LogP contribution in [0.3, 0.4) is 0 Å². The quantitative estimate of drug-likeness (QED) is 0.420. The molecule has 0 aromatic heterocycles. The fraction of sp³-hybridized carbons (Fsp3) is 0. The Hall–Kier alpha value is -2.15. The largest absolute Gasteiger partial charge is 0.412 e. The van der Waals surface area contributed by atoms with E-state index in [4.69, 9.17) is 4.55 Å². The van der Waals surface area contributed by atoms with E-state index in [1.807, 2.05) is 0 Å². The minimum absolute atomic E-state index is 0. The molecule has 1 rings (SSSR count). The average Bonchev–Trinajstić information content (AvgIpc) is 2.14. The standard InChI is InChI=1S/C6H4N2O7S.2H2O/c9-7(10)4-2-1-3-5(16(13,14)15)6(4)8(11)12;;/h1-3H,(H,13,14,15);2*1H2. The summed E-state index contributed by atoms with van der Waals surface area (Å²) in [5.74, 6) is 0. The highest BCUT2D eigenvalue weighted by Crippen LogP contribution is 2.32. The number of hydrogen-bond acceptors (Lipinski definition) is 6. The molecule has 0 aliphatic heterocycles. The van der Waals surface area contributed by atoms with E-state index in [-0.39, 0.29) is 11.0 Å². The van der Waals surface area contributed by atoms with E-state index >= 15 is 0 Å². The third-order valence-corrected chi connectivity index (χ3v) is 2.52. The van der Waals surface area contributed by atoms with Gasteiger partial charge in [-0.25, -0.2) is 0 Å². The maximum atomic E-state index is 10.8. The fourth-order valence-corrected chi connectivity index (χ4v) is 1.72. The van der Waals surface area contributed by atoms with Crippen molar-refractivity contribution in [2.24, 2.45) is 0 Å². The van der Waals surface area contributed by atoms with Gasteiger partial charge in [-0.3, -0.25) is 24.8 Å². The molecule has 12 heteroatoms. The Labute approximate surface area is 99.3 Å². The lowest BCUT2D eigenvalue weighted by atomic mass is 10.3. The van der Waals surface area contributed by atoms with E-state index in [1.165, 1.54) is 0 Å². The predicted molar refractivity (Wildman–Crippen MR) is 56.8 cm³/mol.